The van der Waals surface area contributed by atoms with Crippen molar-refractivity contribution >= 4 is 12.4 Å². The molecule has 0 aliphatic carbocycles. The van der Waals surface area contributed by atoms with Gasteiger partial charge in [0.15, 0.2) is 0 Å². The third-order valence-corrected chi connectivity index (χ3v) is 1.81. The number of aldehydes is 1. The van der Waals surface area contributed by atoms with Gasteiger partial charge in [0.1, 0.15) is 12.1 Å². The lowest BCUT2D eigenvalue weighted by atomic mass is 10.1. The summed E-state index contributed by atoms with van der Waals surface area (Å²) < 4.78 is 12.8. The minimum atomic E-state index is -0.282. The van der Waals surface area contributed by atoms with Gasteiger partial charge in [-0.15, -0.1) is 0 Å². The average molecular weight is 178 g/mol. The van der Waals surface area contributed by atoms with Gasteiger partial charge in [-0.2, -0.15) is 0 Å². The molecular weight excluding hydrogens is 167 g/mol. The Morgan fingerprint density at radius 3 is 2.77 bits per heavy atom. The number of carbonyl (C=O) groups is 1. The molecule has 0 aliphatic heterocycles. The van der Waals surface area contributed by atoms with E-state index in [0.29, 0.717) is 5.57 Å². The van der Waals surface area contributed by atoms with Crippen LogP contribution in [0.25, 0.3) is 6.08 Å². The lowest BCUT2D eigenvalue weighted by Gasteiger charge is -2.00. The maximum Gasteiger partial charge on any atom is 0.145 e. The van der Waals surface area contributed by atoms with E-state index in [2.05, 4.69) is 0 Å². The van der Waals surface area contributed by atoms with Crippen LogP contribution in [0.2, 0.25) is 0 Å². The maximum atomic E-state index is 12.8. The zero-order valence-corrected chi connectivity index (χ0v) is 7.67. The molecule has 0 fully saturated rings. The Morgan fingerprint density at radius 1 is 1.46 bits per heavy atom. The first-order valence-electron chi connectivity index (χ1n) is 4.03. The first-order valence-corrected chi connectivity index (χ1v) is 4.03. The highest BCUT2D eigenvalue weighted by atomic mass is 19.1. The summed E-state index contributed by atoms with van der Waals surface area (Å²) in [5.74, 6) is -0.282. The van der Waals surface area contributed by atoms with Crippen molar-refractivity contribution in [1.29, 1.82) is 0 Å². The van der Waals surface area contributed by atoms with E-state index in [1.807, 2.05) is 6.92 Å². The largest absolute Gasteiger partial charge is 0.298 e. The van der Waals surface area contributed by atoms with Gasteiger partial charge < -0.3 is 0 Å². The molecule has 2 heteroatoms. The van der Waals surface area contributed by atoms with Crippen molar-refractivity contribution in [3.63, 3.8) is 0 Å². The zero-order chi connectivity index (χ0) is 9.84. The SMILES string of the molecule is C/C(C=O)=C/c1cc(F)ccc1C. The van der Waals surface area contributed by atoms with Crippen molar-refractivity contribution in [2.45, 2.75) is 13.8 Å². The van der Waals surface area contributed by atoms with E-state index in [4.69, 9.17) is 0 Å². The van der Waals surface area contributed by atoms with Crippen LogP contribution in [-0.2, 0) is 4.79 Å². The second-order valence-electron chi connectivity index (χ2n) is 3.01. The molecule has 1 rings (SSSR count). The molecule has 0 atom stereocenters. The van der Waals surface area contributed by atoms with Gasteiger partial charge >= 0.3 is 0 Å². The average Bonchev–Trinajstić information content (AvgIpc) is 2.11. The summed E-state index contributed by atoms with van der Waals surface area (Å²) in [6, 6.07) is 4.52. The number of rotatable bonds is 2. The monoisotopic (exact) mass is 178 g/mol. The van der Waals surface area contributed by atoms with Crippen LogP contribution in [0.4, 0.5) is 4.39 Å². The van der Waals surface area contributed by atoms with Crippen LogP contribution in [-0.4, -0.2) is 6.29 Å². The first-order chi connectivity index (χ1) is 6.13. The Morgan fingerprint density at radius 2 is 2.15 bits per heavy atom. The number of benzene rings is 1. The molecule has 0 unspecified atom stereocenters. The summed E-state index contributed by atoms with van der Waals surface area (Å²) >= 11 is 0. The Bertz CT molecular complexity index is 353. The molecule has 0 saturated heterocycles. The number of aryl methyl sites for hydroxylation is 1. The molecule has 0 amide bonds. The van der Waals surface area contributed by atoms with Crippen molar-refractivity contribution in [3.05, 3.63) is 40.7 Å². The lowest BCUT2D eigenvalue weighted by molar-refractivity contribution is -0.104. The molecule has 13 heavy (non-hydrogen) atoms. The highest BCUT2D eigenvalue weighted by molar-refractivity contribution is 5.81. The van der Waals surface area contributed by atoms with E-state index in [9.17, 15) is 9.18 Å². The van der Waals surface area contributed by atoms with Gasteiger partial charge in [0.2, 0.25) is 0 Å². The van der Waals surface area contributed by atoms with E-state index < -0.39 is 0 Å². The smallest absolute Gasteiger partial charge is 0.145 e. The normalized spacial score (nSPS) is 11.5. The molecule has 0 radical (unpaired) electrons. The van der Waals surface area contributed by atoms with Crippen LogP contribution in [0, 0.1) is 12.7 Å². The number of halogens is 1. The summed E-state index contributed by atoms with van der Waals surface area (Å²) in [6.07, 6.45) is 2.43. The molecule has 0 saturated carbocycles. The van der Waals surface area contributed by atoms with E-state index >= 15 is 0 Å². The highest BCUT2D eigenvalue weighted by Crippen LogP contribution is 2.13. The number of allylic oxidation sites excluding steroid dienone is 1. The minimum Gasteiger partial charge on any atom is -0.298 e. The lowest BCUT2D eigenvalue weighted by Crippen LogP contribution is -1.85. The van der Waals surface area contributed by atoms with Gasteiger partial charge in [-0.1, -0.05) is 6.07 Å². The first kappa shape index (κ1) is 9.65. The van der Waals surface area contributed by atoms with Crippen molar-refractivity contribution < 1.29 is 9.18 Å². The van der Waals surface area contributed by atoms with Crippen molar-refractivity contribution in [2.75, 3.05) is 0 Å². The predicted molar refractivity (Wildman–Crippen MR) is 50.9 cm³/mol. The third-order valence-electron chi connectivity index (χ3n) is 1.81. The minimum absolute atomic E-state index is 0.282. The van der Waals surface area contributed by atoms with Crippen molar-refractivity contribution in [3.8, 4) is 0 Å². The third kappa shape index (κ3) is 2.51. The Labute approximate surface area is 76.9 Å². The number of hydrogen-bond donors (Lipinski definition) is 0. The molecule has 1 aromatic carbocycles. The molecule has 0 spiro atoms. The summed E-state index contributed by atoms with van der Waals surface area (Å²) in [7, 11) is 0. The van der Waals surface area contributed by atoms with Crippen molar-refractivity contribution in [1.82, 2.24) is 0 Å². The summed E-state index contributed by atoms with van der Waals surface area (Å²) in [5, 5.41) is 0. The molecule has 68 valence electrons. The Balaban J connectivity index is 3.13. The molecule has 1 aromatic rings. The van der Waals surface area contributed by atoms with Crippen LogP contribution < -0.4 is 0 Å². The second-order valence-corrected chi connectivity index (χ2v) is 3.01. The maximum absolute atomic E-state index is 12.8. The van der Waals surface area contributed by atoms with Gasteiger partial charge in [0.05, 0.1) is 0 Å². The molecule has 0 N–H and O–H groups in total. The fraction of sp³-hybridized carbons (Fsp3) is 0.182. The van der Waals surface area contributed by atoms with E-state index in [1.165, 1.54) is 12.1 Å². The Kier molecular flexibility index (Phi) is 2.96. The van der Waals surface area contributed by atoms with Gasteiger partial charge in [0, 0.05) is 0 Å². The van der Waals surface area contributed by atoms with E-state index in [-0.39, 0.29) is 5.82 Å². The topological polar surface area (TPSA) is 17.1 Å². The molecular formula is C11H11FO. The highest BCUT2D eigenvalue weighted by Gasteiger charge is 1.97. The molecule has 1 nitrogen and oxygen atoms in total. The fourth-order valence-electron chi connectivity index (χ4n) is 1.05. The Hall–Kier alpha value is -1.44. The van der Waals surface area contributed by atoms with E-state index in [0.717, 1.165) is 17.4 Å². The quantitative estimate of drug-likeness (QED) is 0.502. The zero-order valence-electron chi connectivity index (χ0n) is 7.67. The van der Waals surface area contributed by atoms with Gasteiger partial charge in [-0.25, -0.2) is 4.39 Å². The molecule has 0 bridgehead atoms. The number of hydrogen-bond acceptors (Lipinski definition) is 1. The molecule has 0 aromatic heterocycles. The van der Waals surface area contributed by atoms with Crippen LogP contribution in [0.1, 0.15) is 18.1 Å². The summed E-state index contributed by atoms with van der Waals surface area (Å²) in [4.78, 5) is 10.3. The predicted octanol–water partition coefficient (Wildman–Crippen LogP) is 2.74. The van der Waals surface area contributed by atoms with Crippen LogP contribution in [0.5, 0.6) is 0 Å². The van der Waals surface area contributed by atoms with Gasteiger partial charge in [-0.3, -0.25) is 4.79 Å². The summed E-state index contributed by atoms with van der Waals surface area (Å²) in [6.45, 7) is 3.57. The standard InChI is InChI=1S/C11H11FO/c1-8(7-13)5-10-6-11(12)4-3-9(10)2/h3-7H,1-2H3/b8-5-. The fourth-order valence-corrected chi connectivity index (χ4v) is 1.05. The number of carbonyl (C=O) groups excluding carboxylic acids is 1. The van der Waals surface area contributed by atoms with Crippen LogP contribution >= 0.6 is 0 Å². The van der Waals surface area contributed by atoms with Crippen molar-refractivity contribution in [2.24, 2.45) is 0 Å². The molecule has 0 heterocycles. The van der Waals surface area contributed by atoms with Gasteiger partial charge in [-0.05, 0) is 48.8 Å². The van der Waals surface area contributed by atoms with E-state index in [1.54, 1.807) is 19.1 Å². The second kappa shape index (κ2) is 3.99. The van der Waals surface area contributed by atoms with Crippen LogP contribution in [0.15, 0.2) is 23.8 Å². The van der Waals surface area contributed by atoms with Gasteiger partial charge in [0.25, 0.3) is 0 Å². The summed E-state index contributed by atoms with van der Waals surface area (Å²) in [5.41, 5.74) is 2.31. The van der Waals surface area contributed by atoms with Crippen LogP contribution in [0.3, 0.4) is 0 Å². The molecule has 0 aliphatic rings.